The van der Waals surface area contributed by atoms with Crippen LogP contribution in [-0.4, -0.2) is 0 Å². The third-order valence-electron chi connectivity index (χ3n) is 4.76. The molecule has 0 heteroatoms. The molecule has 0 aromatic heterocycles. The van der Waals surface area contributed by atoms with Gasteiger partial charge in [0.1, 0.15) is 0 Å². The number of hydrogen-bond donors (Lipinski definition) is 0. The topological polar surface area (TPSA) is 0 Å². The molecule has 2 unspecified atom stereocenters. The first-order valence-corrected chi connectivity index (χ1v) is 7.83. The zero-order valence-corrected chi connectivity index (χ0v) is 14.4. The maximum atomic E-state index is 2.47. The molecule has 0 amide bonds. The second kappa shape index (κ2) is 4.84. The summed E-state index contributed by atoms with van der Waals surface area (Å²) in [5.74, 6) is 2.60. The zero-order valence-electron chi connectivity index (χ0n) is 14.4. The predicted octanol–water partition coefficient (Wildman–Crippen LogP) is 6.16. The largest absolute Gasteiger partial charge is 0.0625 e. The Balaban J connectivity index is 3.00. The van der Waals surface area contributed by atoms with Gasteiger partial charge in [0, 0.05) is 0 Å². The van der Waals surface area contributed by atoms with Gasteiger partial charge >= 0.3 is 0 Å². The van der Waals surface area contributed by atoms with E-state index in [0.29, 0.717) is 16.2 Å². The fourth-order valence-corrected chi connectivity index (χ4v) is 5.39. The van der Waals surface area contributed by atoms with Crippen molar-refractivity contribution in [2.75, 3.05) is 0 Å². The Morgan fingerprint density at radius 3 is 1.67 bits per heavy atom. The molecule has 1 rings (SSSR count). The van der Waals surface area contributed by atoms with E-state index in [1.165, 1.54) is 19.3 Å². The van der Waals surface area contributed by atoms with E-state index >= 15 is 0 Å². The Morgan fingerprint density at radius 2 is 1.33 bits per heavy atom. The van der Waals surface area contributed by atoms with E-state index in [9.17, 15) is 0 Å². The van der Waals surface area contributed by atoms with Crippen LogP contribution >= 0.6 is 0 Å². The van der Waals surface area contributed by atoms with Crippen molar-refractivity contribution in [1.29, 1.82) is 0 Å². The van der Waals surface area contributed by atoms with Crippen molar-refractivity contribution >= 4 is 0 Å². The summed E-state index contributed by atoms with van der Waals surface area (Å²) in [5.41, 5.74) is 1.36. The average Bonchev–Trinajstić information content (AvgIpc) is 1.91. The Kier molecular flexibility index (Phi) is 4.31. The zero-order chi connectivity index (χ0) is 14.4. The highest BCUT2D eigenvalue weighted by atomic mass is 14.5. The van der Waals surface area contributed by atoms with Crippen molar-refractivity contribution < 1.29 is 0 Å². The molecule has 1 aliphatic carbocycles. The van der Waals surface area contributed by atoms with Crippen LogP contribution < -0.4 is 0 Å². The van der Waals surface area contributed by atoms with Crippen molar-refractivity contribution in [3.63, 3.8) is 0 Å². The van der Waals surface area contributed by atoms with Crippen LogP contribution in [-0.2, 0) is 0 Å². The highest BCUT2D eigenvalue weighted by Crippen LogP contribution is 2.53. The number of hydrogen-bond acceptors (Lipinski definition) is 0. The van der Waals surface area contributed by atoms with Gasteiger partial charge in [-0.05, 0) is 53.3 Å². The lowest BCUT2D eigenvalue weighted by atomic mass is 9.54. The van der Waals surface area contributed by atoms with Gasteiger partial charge in [0.05, 0.1) is 0 Å². The number of rotatable bonds is 1. The molecule has 0 N–H and O–H groups in total. The summed E-state index contributed by atoms with van der Waals surface area (Å²) in [6, 6.07) is 0. The van der Waals surface area contributed by atoms with Gasteiger partial charge in [0.2, 0.25) is 0 Å². The summed E-state index contributed by atoms with van der Waals surface area (Å²) >= 11 is 0. The lowest BCUT2D eigenvalue weighted by Gasteiger charge is -2.51. The van der Waals surface area contributed by atoms with E-state index < -0.39 is 0 Å². The fraction of sp³-hybridized carbons (Fsp3) is 1.00. The summed E-state index contributed by atoms with van der Waals surface area (Å²) in [6.07, 6.45) is 4.25. The van der Waals surface area contributed by atoms with E-state index in [1.54, 1.807) is 0 Å². The summed E-state index contributed by atoms with van der Waals surface area (Å²) in [7, 11) is 0. The first kappa shape index (κ1) is 16.1. The van der Waals surface area contributed by atoms with Gasteiger partial charge < -0.3 is 0 Å². The Labute approximate surface area is 116 Å². The molecule has 0 aromatic rings. The van der Waals surface area contributed by atoms with Gasteiger partial charge in [-0.2, -0.15) is 0 Å². The molecular formula is C18H36. The van der Waals surface area contributed by atoms with Crippen LogP contribution in [0.3, 0.4) is 0 Å². The quantitative estimate of drug-likeness (QED) is 0.524. The van der Waals surface area contributed by atoms with Crippen molar-refractivity contribution in [3.05, 3.63) is 0 Å². The molecule has 0 spiro atoms. The minimum absolute atomic E-state index is 0.413. The van der Waals surface area contributed by atoms with Gasteiger partial charge in [-0.25, -0.2) is 0 Å². The molecule has 0 saturated heterocycles. The molecule has 0 radical (unpaired) electrons. The monoisotopic (exact) mass is 252 g/mol. The van der Waals surface area contributed by atoms with Crippen LogP contribution in [0, 0.1) is 34.0 Å². The predicted molar refractivity (Wildman–Crippen MR) is 82.7 cm³/mol. The summed E-state index contributed by atoms with van der Waals surface area (Å²) in [4.78, 5) is 0. The van der Waals surface area contributed by atoms with Crippen molar-refractivity contribution in [1.82, 2.24) is 0 Å². The van der Waals surface area contributed by atoms with E-state index in [4.69, 9.17) is 0 Å². The average molecular weight is 252 g/mol. The van der Waals surface area contributed by atoms with Gasteiger partial charge in [0.15, 0.2) is 0 Å². The Morgan fingerprint density at radius 1 is 0.889 bits per heavy atom. The lowest BCUT2D eigenvalue weighted by molar-refractivity contribution is -0.0147. The van der Waals surface area contributed by atoms with Crippen LogP contribution in [0.2, 0.25) is 0 Å². The minimum atomic E-state index is 0.413. The molecule has 108 valence electrons. The SMILES string of the molecule is CC1CC(C(C(C)(C)C)C(C)(C)C)CC(C)(C)C1. The van der Waals surface area contributed by atoms with Crippen LogP contribution in [0.5, 0.6) is 0 Å². The molecule has 1 fully saturated rings. The normalized spacial score (nSPS) is 29.7. The van der Waals surface area contributed by atoms with Gasteiger partial charge in [0.25, 0.3) is 0 Å². The fourth-order valence-electron chi connectivity index (χ4n) is 5.39. The van der Waals surface area contributed by atoms with Crippen LogP contribution in [0.15, 0.2) is 0 Å². The van der Waals surface area contributed by atoms with E-state index in [0.717, 1.165) is 17.8 Å². The maximum absolute atomic E-state index is 2.47. The first-order valence-electron chi connectivity index (χ1n) is 7.83. The van der Waals surface area contributed by atoms with Crippen LogP contribution in [0.4, 0.5) is 0 Å². The van der Waals surface area contributed by atoms with Gasteiger partial charge in [-0.1, -0.05) is 62.3 Å². The summed E-state index contributed by atoms with van der Waals surface area (Å²) < 4.78 is 0. The van der Waals surface area contributed by atoms with Crippen molar-refractivity contribution in [3.8, 4) is 0 Å². The van der Waals surface area contributed by atoms with Gasteiger partial charge in [-0.3, -0.25) is 0 Å². The van der Waals surface area contributed by atoms with E-state index in [-0.39, 0.29) is 0 Å². The molecule has 2 atom stereocenters. The molecule has 1 aliphatic rings. The standard InChI is InChI=1S/C18H36/c1-13-10-14(12-18(8,9)11-13)15(16(2,3)4)17(5,6)7/h13-15H,10-12H2,1-9H3. The third kappa shape index (κ3) is 4.00. The van der Waals surface area contributed by atoms with Crippen molar-refractivity contribution in [2.45, 2.75) is 81.6 Å². The Hall–Kier alpha value is 0. The first-order chi connectivity index (χ1) is 7.83. The third-order valence-corrected chi connectivity index (χ3v) is 4.76. The second-order valence-electron chi connectivity index (χ2n) is 9.88. The Bertz CT molecular complexity index is 257. The smallest absolute Gasteiger partial charge is 0.0288 e. The lowest BCUT2D eigenvalue weighted by Crippen LogP contribution is -2.43. The summed E-state index contributed by atoms with van der Waals surface area (Å²) in [6.45, 7) is 22.0. The molecule has 0 bridgehead atoms. The maximum Gasteiger partial charge on any atom is -0.0288 e. The van der Waals surface area contributed by atoms with Crippen LogP contribution in [0.25, 0.3) is 0 Å². The molecule has 0 aromatic carbocycles. The summed E-state index contributed by atoms with van der Waals surface area (Å²) in [5, 5.41) is 0. The molecule has 0 heterocycles. The van der Waals surface area contributed by atoms with E-state index in [1.807, 2.05) is 0 Å². The highest BCUT2D eigenvalue weighted by Gasteiger charge is 2.44. The second-order valence-corrected chi connectivity index (χ2v) is 9.88. The minimum Gasteiger partial charge on any atom is -0.0625 e. The highest BCUT2D eigenvalue weighted by molar-refractivity contribution is 4.94. The van der Waals surface area contributed by atoms with E-state index in [2.05, 4.69) is 62.3 Å². The molecule has 0 aliphatic heterocycles. The molecular weight excluding hydrogens is 216 g/mol. The molecule has 18 heavy (non-hydrogen) atoms. The van der Waals surface area contributed by atoms with Crippen molar-refractivity contribution in [2.24, 2.45) is 34.0 Å². The van der Waals surface area contributed by atoms with Crippen LogP contribution in [0.1, 0.15) is 81.6 Å². The molecule has 0 nitrogen and oxygen atoms in total. The molecule has 1 saturated carbocycles. The van der Waals surface area contributed by atoms with Gasteiger partial charge in [-0.15, -0.1) is 0 Å².